The molecular weight excluding hydrogens is 436 g/mol. The van der Waals surface area contributed by atoms with Crippen molar-refractivity contribution in [1.29, 1.82) is 0 Å². The third-order valence-corrected chi connectivity index (χ3v) is 6.63. The number of aliphatic hydroxyl groups excluding tert-OH is 1. The first-order chi connectivity index (χ1) is 16.9. The highest BCUT2D eigenvalue weighted by atomic mass is 16.5. The predicted molar refractivity (Wildman–Crippen MR) is 139 cm³/mol. The third kappa shape index (κ3) is 5.59. The molecule has 0 fully saturated rings. The van der Waals surface area contributed by atoms with Crippen molar-refractivity contribution in [2.45, 2.75) is 59.2 Å². The van der Waals surface area contributed by atoms with Gasteiger partial charge in [-0.25, -0.2) is 0 Å². The second-order valence-electron chi connectivity index (χ2n) is 9.82. The number of unbranched alkanes of at least 4 members (excludes halogenated alkanes) is 1. The van der Waals surface area contributed by atoms with Crippen molar-refractivity contribution < 1.29 is 19.4 Å². The van der Waals surface area contributed by atoms with Crippen molar-refractivity contribution in [3.8, 4) is 11.5 Å². The van der Waals surface area contributed by atoms with Gasteiger partial charge in [0.05, 0.1) is 11.8 Å². The zero-order valence-electron chi connectivity index (χ0n) is 20.8. The molecular formula is C31H34O4. The summed E-state index contributed by atoms with van der Waals surface area (Å²) in [5.41, 5.74) is 3.45. The van der Waals surface area contributed by atoms with E-state index in [-0.39, 0.29) is 11.9 Å². The molecule has 4 rings (SSSR count). The predicted octanol–water partition coefficient (Wildman–Crippen LogP) is 7.78. The Bertz CT molecular complexity index is 1180. The van der Waals surface area contributed by atoms with Crippen LogP contribution in [-0.2, 0) is 13.0 Å². The molecule has 0 aliphatic heterocycles. The molecule has 3 aromatic rings. The Balaban J connectivity index is 1.73. The Morgan fingerprint density at radius 1 is 1.03 bits per heavy atom. The number of carbonyl (C=O) groups is 1. The maximum atomic E-state index is 13.4. The Morgan fingerprint density at radius 3 is 2.37 bits per heavy atom. The summed E-state index contributed by atoms with van der Waals surface area (Å²) in [4.78, 5) is 13.4. The Kier molecular flexibility index (Phi) is 7.60. The minimum absolute atomic E-state index is 0.0867. The van der Waals surface area contributed by atoms with Crippen molar-refractivity contribution >= 4 is 5.78 Å². The molecule has 0 radical (unpaired) electrons. The van der Waals surface area contributed by atoms with Gasteiger partial charge in [0.2, 0.25) is 0 Å². The fourth-order valence-electron chi connectivity index (χ4n) is 4.72. The number of hydrogen-bond donors (Lipinski definition) is 1. The largest absolute Gasteiger partial charge is 0.515 e. The lowest BCUT2D eigenvalue weighted by molar-refractivity contribution is 0.0984. The van der Waals surface area contributed by atoms with E-state index >= 15 is 0 Å². The second-order valence-corrected chi connectivity index (χ2v) is 9.82. The van der Waals surface area contributed by atoms with Crippen LogP contribution in [0, 0.1) is 5.41 Å². The summed E-state index contributed by atoms with van der Waals surface area (Å²) in [5, 5.41) is 9.86. The lowest BCUT2D eigenvalue weighted by atomic mass is 9.70. The van der Waals surface area contributed by atoms with Crippen molar-refractivity contribution in [3.05, 3.63) is 107 Å². The Labute approximate surface area is 208 Å². The molecule has 4 heteroatoms. The van der Waals surface area contributed by atoms with Gasteiger partial charge < -0.3 is 14.6 Å². The molecule has 3 aromatic carbocycles. The molecule has 182 valence electrons. The molecule has 0 amide bonds. The van der Waals surface area contributed by atoms with Gasteiger partial charge in [-0.1, -0.05) is 87.9 Å². The normalized spacial score (nSPS) is 16.5. The van der Waals surface area contributed by atoms with E-state index in [2.05, 4.69) is 19.1 Å². The average Bonchev–Trinajstić information content (AvgIpc) is 2.85. The number of hydrogen-bond acceptors (Lipinski definition) is 4. The highest BCUT2D eigenvalue weighted by Crippen LogP contribution is 2.44. The first-order valence-electron chi connectivity index (χ1n) is 12.4. The summed E-state index contributed by atoms with van der Waals surface area (Å²) in [7, 11) is 0. The standard InChI is InChI=1S/C31H34O4/c1-4-5-16-27(23-14-10-7-11-15-23)35-25-17-24-19-31(2,3)26(20-32)30(33)29(24)28(18-25)34-21-22-12-8-6-9-13-22/h6-15,17-18,20,27,32H,4-5,16,19,21H2,1-3H3/b26-20+. The molecule has 0 saturated heterocycles. The van der Waals surface area contributed by atoms with Gasteiger partial charge in [0, 0.05) is 17.1 Å². The van der Waals surface area contributed by atoms with Crippen LogP contribution in [0.3, 0.4) is 0 Å². The van der Waals surface area contributed by atoms with E-state index in [0.717, 1.165) is 42.2 Å². The fraction of sp³-hybridized carbons (Fsp3) is 0.323. The molecule has 0 heterocycles. The number of ether oxygens (including phenoxy) is 2. The lowest BCUT2D eigenvalue weighted by Crippen LogP contribution is -2.31. The van der Waals surface area contributed by atoms with E-state index in [0.29, 0.717) is 35.7 Å². The van der Waals surface area contributed by atoms with Crippen LogP contribution in [-0.4, -0.2) is 10.9 Å². The SMILES string of the molecule is CCCCC(Oc1cc2c(c(OCc3ccccc3)c1)C(=O)/C(=C\O)C(C)(C)C2)c1ccccc1. The smallest absolute Gasteiger partial charge is 0.196 e. The molecule has 0 spiro atoms. The summed E-state index contributed by atoms with van der Waals surface area (Å²) < 4.78 is 12.8. The van der Waals surface area contributed by atoms with Crippen LogP contribution in [0.25, 0.3) is 0 Å². The van der Waals surface area contributed by atoms with Gasteiger partial charge in [-0.3, -0.25) is 4.79 Å². The topological polar surface area (TPSA) is 55.8 Å². The van der Waals surface area contributed by atoms with Crippen LogP contribution in [0.2, 0.25) is 0 Å². The zero-order chi connectivity index (χ0) is 24.8. The van der Waals surface area contributed by atoms with E-state index in [1.165, 1.54) is 0 Å². The quantitative estimate of drug-likeness (QED) is 0.256. The first kappa shape index (κ1) is 24.6. The van der Waals surface area contributed by atoms with E-state index < -0.39 is 5.41 Å². The maximum Gasteiger partial charge on any atom is 0.196 e. The van der Waals surface area contributed by atoms with Gasteiger partial charge in [-0.15, -0.1) is 0 Å². The minimum atomic E-state index is -0.491. The summed E-state index contributed by atoms with van der Waals surface area (Å²) >= 11 is 0. The summed E-state index contributed by atoms with van der Waals surface area (Å²) in [5.74, 6) is 0.985. The van der Waals surface area contributed by atoms with Gasteiger partial charge in [0.15, 0.2) is 5.78 Å². The number of allylic oxidation sites excluding steroid dienone is 1. The number of rotatable bonds is 9. The van der Waals surface area contributed by atoms with E-state index in [1.54, 1.807) is 0 Å². The van der Waals surface area contributed by atoms with E-state index in [4.69, 9.17) is 9.47 Å². The molecule has 0 bridgehead atoms. The molecule has 0 aromatic heterocycles. The molecule has 35 heavy (non-hydrogen) atoms. The van der Waals surface area contributed by atoms with E-state index in [9.17, 15) is 9.90 Å². The average molecular weight is 471 g/mol. The Morgan fingerprint density at radius 2 is 1.71 bits per heavy atom. The van der Waals surface area contributed by atoms with E-state index in [1.807, 2.05) is 74.5 Å². The van der Waals surface area contributed by atoms with Crippen molar-refractivity contribution in [2.24, 2.45) is 5.41 Å². The number of aliphatic hydroxyl groups is 1. The van der Waals surface area contributed by atoms with Gasteiger partial charge >= 0.3 is 0 Å². The first-order valence-corrected chi connectivity index (χ1v) is 12.4. The molecule has 1 unspecified atom stereocenters. The number of Topliss-reactive ketones (excluding diaryl/α,β-unsaturated/α-hetero) is 1. The molecule has 4 nitrogen and oxygen atoms in total. The van der Waals surface area contributed by atoms with Crippen LogP contribution in [0.4, 0.5) is 0 Å². The number of carbonyl (C=O) groups excluding carboxylic acids is 1. The fourth-order valence-corrected chi connectivity index (χ4v) is 4.72. The minimum Gasteiger partial charge on any atom is -0.515 e. The highest BCUT2D eigenvalue weighted by Gasteiger charge is 2.39. The summed E-state index contributed by atoms with van der Waals surface area (Å²) in [6, 6.07) is 23.9. The van der Waals surface area contributed by atoms with Crippen molar-refractivity contribution in [1.82, 2.24) is 0 Å². The highest BCUT2D eigenvalue weighted by molar-refractivity contribution is 6.13. The van der Waals surface area contributed by atoms with Crippen LogP contribution >= 0.6 is 0 Å². The molecule has 1 N–H and O–H groups in total. The number of ketones is 1. The van der Waals surface area contributed by atoms with Gasteiger partial charge in [-0.2, -0.15) is 0 Å². The number of benzene rings is 3. The second kappa shape index (κ2) is 10.8. The Hall–Kier alpha value is -3.53. The molecule has 1 aliphatic carbocycles. The van der Waals surface area contributed by atoms with Crippen LogP contribution < -0.4 is 9.47 Å². The number of fused-ring (bicyclic) bond motifs is 1. The van der Waals surface area contributed by atoms with Gasteiger partial charge in [0.1, 0.15) is 24.2 Å². The zero-order valence-corrected chi connectivity index (χ0v) is 20.8. The van der Waals surface area contributed by atoms with Crippen LogP contribution in [0.15, 0.2) is 84.6 Å². The molecule has 1 aliphatic rings. The third-order valence-electron chi connectivity index (χ3n) is 6.63. The van der Waals surface area contributed by atoms with Gasteiger partial charge in [-0.05, 0) is 42.0 Å². The van der Waals surface area contributed by atoms with Crippen LogP contribution in [0.1, 0.15) is 73.2 Å². The monoisotopic (exact) mass is 470 g/mol. The summed E-state index contributed by atoms with van der Waals surface area (Å²) in [6.07, 6.45) is 4.51. The molecule has 1 atom stereocenters. The summed E-state index contributed by atoms with van der Waals surface area (Å²) in [6.45, 7) is 6.46. The molecule has 0 saturated carbocycles. The van der Waals surface area contributed by atoms with Crippen molar-refractivity contribution in [2.75, 3.05) is 0 Å². The van der Waals surface area contributed by atoms with Gasteiger partial charge in [0.25, 0.3) is 0 Å². The van der Waals surface area contributed by atoms with Crippen LogP contribution in [0.5, 0.6) is 11.5 Å². The lowest BCUT2D eigenvalue weighted by Gasteiger charge is -2.33. The maximum absolute atomic E-state index is 13.4. The van der Waals surface area contributed by atoms with Crippen molar-refractivity contribution in [3.63, 3.8) is 0 Å².